The van der Waals surface area contributed by atoms with E-state index in [4.69, 9.17) is 5.11 Å². The summed E-state index contributed by atoms with van der Waals surface area (Å²) in [6.45, 7) is 2.29. The Bertz CT molecular complexity index is 586. The normalized spacial score (nSPS) is 26.9. The van der Waals surface area contributed by atoms with E-state index in [1.807, 2.05) is 0 Å². The van der Waals surface area contributed by atoms with Gasteiger partial charge in [-0.3, -0.25) is 9.58 Å². The van der Waals surface area contributed by atoms with Gasteiger partial charge in [-0.1, -0.05) is 6.42 Å². The van der Waals surface area contributed by atoms with Gasteiger partial charge in [0.15, 0.2) is 0 Å². The average molecular weight is 314 g/mol. The molecule has 2 aliphatic rings. The first-order valence-electron chi connectivity index (χ1n) is 7.50. The molecule has 0 spiro atoms. The molecule has 0 aliphatic carbocycles. The summed E-state index contributed by atoms with van der Waals surface area (Å²) in [6, 6.07) is 0.331. The summed E-state index contributed by atoms with van der Waals surface area (Å²) in [7, 11) is -3.53. The zero-order chi connectivity index (χ0) is 14.9. The third-order valence-electron chi connectivity index (χ3n) is 4.41. The quantitative estimate of drug-likeness (QED) is 0.784. The standard InChI is InChI=1S/C13H22N4O3S/c18-8-7-17-10-11(9-14-17)21(19,20)15-12-4-6-16-5-2-1-3-13(12)16/h9-10,12-13,15,18H,1-8H2. The van der Waals surface area contributed by atoms with Crippen molar-refractivity contribution in [3.8, 4) is 0 Å². The number of nitrogens with one attached hydrogen (secondary N) is 1. The molecule has 3 heterocycles. The van der Waals surface area contributed by atoms with Crippen LogP contribution in [-0.4, -0.2) is 60.0 Å². The minimum Gasteiger partial charge on any atom is -0.394 e. The van der Waals surface area contributed by atoms with Crippen LogP contribution in [0.25, 0.3) is 0 Å². The summed E-state index contributed by atoms with van der Waals surface area (Å²) in [5, 5.41) is 12.8. The molecule has 2 atom stereocenters. The molecule has 3 rings (SSSR count). The lowest BCUT2D eigenvalue weighted by atomic mass is 10.00. The second-order valence-corrected chi connectivity index (χ2v) is 7.49. The summed E-state index contributed by atoms with van der Waals surface area (Å²) >= 11 is 0. The van der Waals surface area contributed by atoms with E-state index in [0.717, 1.165) is 25.9 Å². The highest BCUT2D eigenvalue weighted by Gasteiger charge is 2.37. The maximum Gasteiger partial charge on any atom is 0.243 e. The van der Waals surface area contributed by atoms with Crippen LogP contribution in [0, 0.1) is 0 Å². The molecule has 0 saturated carbocycles. The number of fused-ring (bicyclic) bond motifs is 1. The van der Waals surface area contributed by atoms with E-state index >= 15 is 0 Å². The number of nitrogens with zero attached hydrogens (tertiary/aromatic N) is 3. The molecular formula is C13H22N4O3S. The number of sulfonamides is 1. The summed E-state index contributed by atoms with van der Waals surface area (Å²) in [6.07, 6.45) is 7.13. The highest BCUT2D eigenvalue weighted by atomic mass is 32.2. The topological polar surface area (TPSA) is 87.5 Å². The van der Waals surface area contributed by atoms with Crippen LogP contribution >= 0.6 is 0 Å². The maximum atomic E-state index is 12.4. The van der Waals surface area contributed by atoms with Gasteiger partial charge in [0.1, 0.15) is 4.90 Å². The Morgan fingerprint density at radius 3 is 3.00 bits per heavy atom. The number of aliphatic hydroxyl groups excluding tert-OH is 1. The number of aliphatic hydroxyl groups is 1. The third kappa shape index (κ3) is 3.13. The summed E-state index contributed by atoms with van der Waals surface area (Å²) in [5.41, 5.74) is 0. The van der Waals surface area contributed by atoms with Crippen molar-refractivity contribution in [1.29, 1.82) is 0 Å². The van der Waals surface area contributed by atoms with E-state index < -0.39 is 10.0 Å². The van der Waals surface area contributed by atoms with Gasteiger partial charge in [-0.25, -0.2) is 13.1 Å². The van der Waals surface area contributed by atoms with Gasteiger partial charge in [-0.2, -0.15) is 5.10 Å². The first-order valence-corrected chi connectivity index (χ1v) is 8.98. The van der Waals surface area contributed by atoms with Crippen LogP contribution < -0.4 is 4.72 Å². The van der Waals surface area contributed by atoms with E-state index in [0.29, 0.717) is 12.6 Å². The number of aromatic nitrogens is 2. The predicted octanol–water partition coefficient (Wildman–Crippen LogP) is -0.219. The van der Waals surface area contributed by atoms with Crippen LogP contribution in [0.5, 0.6) is 0 Å². The molecular weight excluding hydrogens is 292 g/mol. The van der Waals surface area contributed by atoms with E-state index in [1.54, 1.807) is 0 Å². The molecule has 2 aliphatic heterocycles. The Kier molecular flexibility index (Phi) is 4.30. The molecule has 118 valence electrons. The molecule has 1 aromatic rings. The zero-order valence-electron chi connectivity index (χ0n) is 12.0. The van der Waals surface area contributed by atoms with Gasteiger partial charge in [0, 0.05) is 24.8 Å². The Balaban J connectivity index is 1.70. The van der Waals surface area contributed by atoms with Crippen molar-refractivity contribution in [2.75, 3.05) is 19.7 Å². The minimum absolute atomic E-state index is 0.00325. The van der Waals surface area contributed by atoms with Crippen LogP contribution in [0.4, 0.5) is 0 Å². The Hall–Kier alpha value is -0.960. The van der Waals surface area contributed by atoms with Crippen molar-refractivity contribution in [3.63, 3.8) is 0 Å². The van der Waals surface area contributed by atoms with Crippen molar-refractivity contribution < 1.29 is 13.5 Å². The van der Waals surface area contributed by atoms with Crippen LogP contribution in [-0.2, 0) is 16.6 Å². The lowest BCUT2D eigenvalue weighted by molar-refractivity contribution is 0.186. The van der Waals surface area contributed by atoms with Gasteiger partial charge in [0.2, 0.25) is 10.0 Å². The summed E-state index contributed by atoms with van der Waals surface area (Å²) in [4.78, 5) is 2.57. The maximum absolute atomic E-state index is 12.4. The molecule has 2 saturated heterocycles. The molecule has 1 aromatic heterocycles. The van der Waals surface area contributed by atoms with Gasteiger partial charge in [-0.05, 0) is 25.8 Å². The van der Waals surface area contributed by atoms with Gasteiger partial charge in [0.25, 0.3) is 0 Å². The summed E-state index contributed by atoms with van der Waals surface area (Å²) < 4.78 is 29.2. The number of hydrogen-bond donors (Lipinski definition) is 2. The fourth-order valence-electron chi connectivity index (χ4n) is 3.36. The van der Waals surface area contributed by atoms with Crippen molar-refractivity contribution in [2.45, 2.75) is 49.2 Å². The first-order chi connectivity index (χ1) is 10.1. The molecule has 8 heteroatoms. The van der Waals surface area contributed by atoms with E-state index in [-0.39, 0.29) is 17.5 Å². The van der Waals surface area contributed by atoms with Crippen molar-refractivity contribution in [3.05, 3.63) is 12.4 Å². The molecule has 21 heavy (non-hydrogen) atoms. The average Bonchev–Trinajstić information content (AvgIpc) is 3.07. The molecule has 0 radical (unpaired) electrons. The van der Waals surface area contributed by atoms with E-state index in [9.17, 15) is 8.42 Å². The molecule has 0 aromatic carbocycles. The van der Waals surface area contributed by atoms with Crippen molar-refractivity contribution >= 4 is 10.0 Å². The first kappa shape index (κ1) is 15.0. The van der Waals surface area contributed by atoms with Crippen LogP contribution in [0.3, 0.4) is 0 Å². The third-order valence-corrected chi connectivity index (χ3v) is 5.86. The summed E-state index contributed by atoms with van der Waals surface area (Å²) in [5.74, 6) is 0. The molecule has 2 unspecified atom stereocenters. The fraction of sp³-hybridized carbons (Fsp3) is 0.769. The largest absolute Gasteiger partial charge is 0.394 e. The Morgan fingerprint density at radius 1 is 1.33 bits per heavy atom. The van der Waals surface area contributed by atoms with Gasteiger partial charge >= 0.3 is 0 Å². The highest BCUT2D eigenvalue weighted by molar-refractivity contribution is 7.89. The van der Waals surface area contributed by atoms with E-state index in [2.05, 4.69) is 14.7 Å². The number of rotatable bonds is 5. The predicted molar refractivity (Wildman–Crippen MR) is 77.3 cm³/mol. The van der Waals surface area contributed by atoms with Crippen LogP contribution in [0.15, 0.2) is 17.3 Å². The smallest absolute Gasteiger partial charge is 0.243 e. The zero-order valence-corrected chi connectivity index (χ0v) is 12.8. The van der Waals surface area contributed by atoms with Gasteiger partial charge in [-0.15, -0.1) is 0 Å². The fourth-order valence-corrected chi connectivity index (χ4v) is 4.62. The van der Waals surface area contributed by atoms with Crippen molar-refractivity contribution in [2.24, 2.45) is 0 Å². The van der Waals surface area contributed by atoms with Crippen molar-refractivity contribution in [1.82, 2.24) is 19.4 Å². The highest BCUT2D eigenvalue weighted by Crippen LogP contribution is 2.28. The minimum atomic E-state index is -3.53. The number of piperidine rings is 1. The SMILES string of the molecule is O=S(=O)(NC1CCN2CCCCC12)c1cnn(CCO)c1. The Morgan fingerprint density at radius 2 is 2.19 bits per heavy atom. The monoisotopic (exact) mass is 314 g/mol. The Labute approximate surface area is 125 Å². The van der Waals surface area contributed by atoms with E-state index in [1.165, 1.54) is 29.9 Å². The molecule has 2 N–H and O–H groups in total. The van der Waals surface area contributed by atoms with Crippen LogP contribution in [0.1, 0.15) is 25.7 Å². The molecule has 7 nitrogen and oxygen atoms in total. The number of hydrogen-bond acceptors (Lipinski definition) is 5. The molecule has 2 fully saturated rings. The van der Waals surface area contributed by atoms with Crippen LogP contribution in [0.2, 0.25) is 0 Å². The molecule has 0 amide bonds. The molecule has 0 bridgehead atoms. The van der Waals surface area contributed by atoms with Gasteiger partial charge < -0.3 is 5.11 Å². The lowest BCUT2D eigenvalue weighted by Crippen LogP contribution is -2.46. The second kappa shape index (κ2) is 6.04. The lowest BCUT2D eigenvalue weighted by Gasteiger charge is -2.32. The van der Waals surface area contributed by atoms with Gasteiger partial charge in [0.05, 0.1) is 19.3 Å². The second-order valence-electron chi connectivity index (χ2n) is 5.78.